The molecule has 4 aliphatic carbocycles. The lowest BCUT2D eigenvalue weighted by Gasteiger charge is -2.38. The van der Waals surface area contributed by atoms with E-state index < -0.39 is 0 Å². The van der Waals surface area contributed by atoms with Crippen molar-refractivity contribution in [1.29, 1.82) is 0 Å². The third-order valence-corrected chi connectivity index (χ3v) is 9.29. The Balaban J connectivity index is 1.30. The highest BCUT2D eigenvalue weighted by atomic mass is 32.1. The van der Waals surface area contributed by atoms with Crippen molar-refractivity contribution in [3.63, 3.8) is 0 Å². The number of anilines is 1. The monoisotopic (exact) mass is 416 g/mol. The van der Waals surface area contributed by atoms with Crippen LogP contribution in [0, 0.1) is 23.2 Å². The maximum Gasteiger partial charge on any atom is 0.257 e. The second-order valence-electron chi connectivity index (χ2n) is 9.73. The zero-order valence-electron chi connectivity index (χ0n) is 16.9. The first kappa shape index (κ1) is 18.3. The molecule has 1 N–H and O–H groups in total. The minimum Gasteiger partial charge on any atom is -0.378 e. The molecule has 0 radical (unpaired) electrons. The maximum atomic E-state index is 13.5. The highest BCUT2D eigenvalue weighted by molar-refractivity contribution is 7.17. The number of thiophene rings is 1. The third kappa shape index (κ3) is 2.66. The predicted octanol–water partition coefficient (Wildman–Crippen LogP) is 3.06. The van der Waals surface area contributed by atoms with Gasteiger partial charge in [0.05, 0.1) is 30.3 Å². The number of rotatable bonds is 4. The largest absolute Gasteiger partial charge is 0.378 e. The van der Waals surface area contributed by atoms with Crippen LogP contribution in [0.4, 0.5) is 5.00 Å². The summed E-state index contributed by atoms with van der Waals surface area (Å²) in [7, 11) is 1.69. The van der Waals surface area contributed by atoms with Gasteiger partial charge < -0.3 is 19.7 Å². The van der Waals surface area contributed by atoms with Gasteiger partial charge >= 0.3 is 0 Å². The fraction of sp³-hybridized carbons (Fsp3) is 0.727. The lowest BCUT2D eigenvalue weighted by Crippen LogP contribution is -2.54. The summed E-state index contributed by atoms with van der Waals surface area (Å²) in [5.74, 6) is 2.20. The lowest BCUT2D eigenvalue weighted by atomic mass is 9.75. The van der Waals surface area contributed by atoms with Gasteiger partial charge in [0.2, 0.25) is 5.91 Å². The predicted molar refractivity (Wildman–Crippen MR) is 109 cm³/mol. The van der Waals surface area contributed by atoms with Crippen LogP contribution in [-0.4, -0.2) is 49.6 Å². The van der Waals surface area contributed by atoms with Crippen molar-refractivity contribution in [3.8, 4) is 0 Å². The Morgan fingerprint density at radius 3 is 2.69 bits per heavy atom. The van der Waals surface area contributed by atoms with E-state index in [9.17, 15) is 9.59 Å². The van der Waals surface area contributed by atoms with E-state index in [-0.39, 0.29) is 23.3 Å². The molecule has 6 nitrogen and oxygen atoms in total. The summed E-state index contributed by atoms with van der Waals surface area (Å²) in [6, 6.07) is 0. The van der Waals surface area contributed by atoms with Crippen molar-refractivity contribution in [2.24, 2.45) is 23.2 Å². The van der Waals surface area contributed by atoms with Crippen LogP contribution in [-0.2, 0) is 27.3 Å². The van der Waals surface area contributed by atoms with Crippen LogP contribution >= 0.6 is 11.3 Å². The molecule has 4 bridgehead atoms. The fourth-order valence-electron chi connectivity index (χ4n) is 6.85. The molecule has 6 aliphatic rings. The first-order valence-corrected chi connectivity index (χ1v) is 11.7. The average molecular weight is 417 g/mol. The van der Waals surface area contributed by atoms with Crippen molar-refractivity contribution < 1.29 is 19.1 Å². The molecule has 1 aromatic rings. The summed E-state index contributed by atoms with van der Waals surface area (Å²) in [4.78, 5) is 29.8. The average Bonchev–Trinajstić information content (AvgIpc) is 3.24. The van der Waals surface area contributed by atoms with Crippen molar-refractivity contribution in [2.45, 2.75) is 51.2 Å². The minimum atomic E-state index is -0.188. The van der Waals surface area contributed by atoms with Gasteiger partial charge in [-0.1, -0.05) is 0 Å². The van der Waals surface area contributed by atoms with Gasteiger partial charge in [-0.25, -0.2) is 0 Å². The zero-order valence-corrected chi connectivity index (χ0v) is 17.7. The number of carbonyl (C=O) groups is 2. The molecule has 7 heteroatoms. The van der Waals surface area contributed by atoms with E-state index in [0.717, 1.165) is 46.5 Å². The van der Waals surface area contributed by atoms with E-state index in [2.05, 4.69) is 5.32 Å². The number of ether oxygens (including phenoxy) is 2. The van der Waals surface area contributed by atoms with E-state index in [0.29, 0.717) is 37.8 Å². The van der Waals surface area contributed by atoms with Crippen LogP contribution in [0.5, 0.6) is 0 Å². The van der Waals surface area contributed by atoms with Gasteiger partial charge in [-0.3, -0.25) is 9.59 Å². The number of fused-ring (bicyclic) bond motifs is 1. The van der Waals surface area contributed by atoms with E-state index in [1.54, 1.807) is 18.4 Å². The van der Waals surface area contributed by atoms with Gasteiger partial charge in [0, 0.05) is 25.1 Å². The Morgan fingerprint density at radius 2 is 1.97 bits per heavy atom. The van der Waals surface area contributed by atoms with Gasteiger partial charge in [0.25, 0.3) is 5.91 Å². The van der Waals surface area contributed by atoms with Crippen LogP contribution in [0.2, 0.25) is 0 Å². The molecule has 156 valence electrons. The number of nitrogens with one attached hydrogen (secondary N) is 1. The standard InChI is InChI=1S/C22H28N2O4S/c1-27-15-9-24(10-15)20(25)18-16-2-3-28-11-17(16)29-19(18)23-21(26)22-7-12-4-13(8-22)6-14(22)5-12/h12-15H,2-11H2,1H3,(H,23,26). The number of hydrogen-bond donors (Lipinski definition) is 1. The molecular weight excluding hydrogens is 388 g/mol. The van der Waals surface area contributed by atoms with Crippen LogP contribution in [0.25, 0.3) is 0 Å². The quantitative estimate of drug-likeness (QED) is 0.819. The van der Waals surface area contributed by atoms with Gasteiger partial charge in [0.1, 0.15) is 5.00 Å². The molecule has 7 rings (SSSR count). The normalized spacial score (nSPS) is 34.9. The number of likely N-dealkylation sites (tertiary alicyclic amines) is 1. The first-order valence-electron chi connectivity index (χ1n) is 10.9. The van der Waals surface area contributed by atoms with E-state index in [1.165, 1.54) is 19.3 Å². The Kier molecular flexibility index (Phi) is 4.13. The molecular formula is C22H28N2O4S. The van der Waals surface area contributed by atoms with Gasteiger partial charge in [0.15, 0.2) is 0 Å². The summed E-state index contributed by atoms with van der Waals surface area (Å²) in [5.41, 5.74) is 1.61. The second kappa shape index (κ2) is 6.53. The second-order valence-corrected chi connectivity index (χ2v) is 10.8. The molecule has 0 aromatic carbocycles. The Labute approximate surface area is 174 Å². The highest BCUT2D eigenvalue weighted by Gasteiger charge is 2.61. The summed E-state index contributed by atoms with van der Waals surface area (Å²) < 4.78 is 11.0. The van der Waals surface area contributed by atoms with E-state index in [4.69, 9.17) is 9.47 Å². The van der Waals surface area contributed by atoms with Crippen molar-refractivity contribution in [1.82, 2.24) is 4.90 Å². The zero-order chi connectivity index (χ0) is 19.8. The fourth-order valence-corrected chi connectivity index (χ4v) is 8.02. The van der Waals surface area contributed by atoms with E-state index >= 15 is 0 Å². The van der Waals surface area contributed by atoms with Gasteiger partial charge in [-0.15, -0.1) is 11.3 Å². The summed E-state index contributed by atoms with van der Waals surface area (Å²) in [6.07, 6.45) is 6.70. The molecule has 2 aliphatic heterocycles. The van der Waals surface area contributed by atoms with E-state index in [1.807, 2.05) is 4.90 Å². The van der Waals surface area contributed by atoms with Crippen LogP contribution in [0.1, 0.15) is 52.9 Å². The molecule has 2 unspecified atom stereocenters. The molecule has 1 aromatic heterocycles. The number of hydrogen-bond acceptors (Lipinski definition) is 5. The maximum absolute atomic E-state index is 13.5. The Morgan fingerprint density at radius 1 is 1.21 bits per heavy atom. The van der Waals surface area contributed by atoms with Crippen molar-refractivity contribution >= 4 is 28.2 Å². The third-order valence-electron chi connectivity index (χ3n) is 8.17. The Bertz CT molecular complexity index is 860. The smallest absolute Gasteiger partial charge is 0.257 e. The molecule has 2 atom stereocenters. The molecule has 3 heterocycles. The number of methoxy groups -OCH3 is 1. The molecule has 1 saturated heterocycles. The molecule has 2 amide bonds. The molecule has 4 saturated carbocycles. The summed E-state index contributed by atoms with van der Waals surface area (Å²) >= 11 is 1.54. The first-order chi connectivity index (χ1) is 14.1. The van der Waals surface area contributed by atoms with Crippen molar-refractivity contribution in [3.05, 3.63) is 16.0 Å². The molecule has 0 spiro atoms. The highest BCUT2D eigenvalue weighted by Crippen LogP contribution is 2.65. The Hall–Kier alpha value is -1.44. The number of amides is 2. The van der Waals surface area contributed by atoms with Crippen LogP contribution < -0.4 is 5.32 Å². The summed E-state index contributed by atoms with van der Waals surface area (Å²) in [5, 5.41) is 4.01. The molecule has 29 heavy (non-hydrogen) atoms. The minimum absolute atomic E-state index is 0.0303. The lowest BCUT2D eigenvalue weighted by molar-refractivity contribution is -0.127. The summed E-state index contributed by atoms with van der Waals surface area (Å²) in [6.45, 7) is 2.42. The van der Waals surface area contributed by atoms with Crippen molar-refractivity contribution in [2.75, 3.05) is 32.1 Å². The number of nitrogens with zero attached hydrogens (tertiary/aromatic N) is 1. The SMILES string of the molecule is COC1CN(C(=O)c2c(NC(=O)C34CC5CC(CC3C5)C4)sc3c2CCOC3)C1. The topological polar surface area (TPSA) is 67.9 Å². The van der Waals surface area contributed by atoms with Gasteiger partial charge in [-0.05, 0) is 61.8 Å². The number of carbonyl (C=O) groups excluding carboxylic acids is 2. The molecule has 5 fully saturated rings. The van der Waals surface area contributed by atoms with Crippen LogP contribution in [0.15, 0.2) is 0 Å². The van der Waals surface area contributed by atoms with Gasteiger partial charge in [-0.2, -0.15) is 0 Å². The van der Waals surface area contributed by atoms with Crippen LogP contribution in [0.3, 0.4) is 0 Å².